The highest BCUT2D eigenvalue weighted by molar-refractivity contribution is 7.71. The van der Waals surface area contributed by atoms with Gasteiger partial charge in [0.1, 0.15) is 12.3 Å². The summed E-state index contributed by atoms with van der Waals surface area (Å²) in [6.45, 7) is 3.39. The molecule has 1 aliphatic heterocycles. The number of aliphatic hydroxyl groups excluding tert-OH is 3. The Labute approximate surface area is 125 Å². The molecule has 0 amide bonds. The predicted molar refractivity (Wildman–Crippen MR) is 77.3 cm³/mol. The number of hydrogen-bond acceptors (Lipinski definition) is 6. The molecule has 2 atom stereocenters. The van der Waals surface area contributed by atoms with Gasteiger partial charge in [0.2, 0.25) is 11.0 Å². The van der Waals surface area contributed by atoms with Crippen LogP contribution in [0.1, 0.15) is 17.5 Å². The SMILES string of the molecule is Cc1[nH]c2nc(=S)n([C@@H]3OC(CO)=C(O)C3O)cc2c1C. The first-order chi connectivity index (χ1) is 9.93. The number of nitrogens with one attached hydrogen (secondary N) is 1. The van der Waals surface area contributed by atoms with Crippen LogP contribution in [0.25, 0.3) is 11.0 Å². The number of ether oxygens (including phenoxy) is 1. The zero-order valence-corrected chi connectivity index (χ0v) is 12.3. The van der Waals surface area contributed by atoms with E-state index in [0.29, 0.717) is 5.65 Å². The summed E-state index contributed by atoms with van der Waals surface area (Å²) in [5, 5.41) is 29.7. The van der Waals surface area contributed by atoms with Gasteiger partial charge in [0.05, 0.1) is 0 Å². The van der Waals surface area contributed by atoms with Crippen LogP contribution in [0.4, 0.5) is 0 Å². The van der Waals surface area contributed by atoms with E-state index in [1.54, 1.807) is 6.20 Å². The van der Waals surface area contributed by atoms with Gasteiger partial charge in [-0.2, -0.15) is 0 Å². The molecule has 4 N–H and O–H groups in total. The monoisotopic (exact) mass is 309 g/mol. The van der Waals surface area contributed by atoms with Crippen molar-refractivity contribution in [3.63, 3.8) is 0 Å². The number of H-pyrrole nitrogens is 1. The lowest BCUT2D eigenvalue weighted by Crippen LogP contribution is -2.23. The molecule has 1 aliphatic rings. The van der Waals surface area contributed by atoms with Crippen molar-refractivity contribution < 1.29 is 20.1 Å². The second-order valence-corrected chi connectivity index (χ2v) is 5.35. The van der Waals surface area contributed by atoms with Gasteiger partial charge in [-0.1, -0.05) is 0 Å². The quantitative estimate of drug-likeness (QED) is 0.625. The first-order valence-corrected chi connectivity index (χ1v) is 6.80. The molecule has 0 aliphatic carbocycles. The van der Waals surface area contributed by atoms with Crippen molar-refractivity contribution in [2.75, 3.05) is 6.61 Å². The summed E-state index contributed by atoms with van der Waals surface area (Å²) < 4.78 is 7.06. The predicted octanol–water partition coefficient (Wildman–Crippen LogP) is 1.36. The van der Waals surface area contributed by atoms with Crippen molar-refractivity contribution in [3.05, 3.63) is 33.7 Å². The van der Waals surface area contributed by atoms with Gasteiger partial charge in [-0.05, 0) is 31.6 Å². The van der Waals surface area contributed by atoms with Gasteiger partial charge >= 0.3 is 0 Å². The topological polar surface area (TPSA) is 104 Å². The number of aryl methyl sites for hydroxylation is 2. The fraction of sp³-hybridized carbons (Fsp3) is 0.385. The molecule has 21 heavy (non-hydrogen) atoms. The van der Waals surface area contributed by atoms with Crippen LogP contribution in [-0.2, 0) is 4.74 Å². The number of aromatic amines is 1. The van der Waals surface area contributed by atoms with E-state index >= 15 is 0 Å². The van der Waals surface area contributed by atoms with Crippen LogP contribution >= 0.6 is 12.2 Å². The van der Waals surface area contributed by atoms with Crippen LogP contribution in [-0.4, -0.2) is 42.6 Å². The molecule has 2 aromatic heterocycles. The number of nitrogens with zero attached hydrogens (tertiary/aromatic N) is 2. The summed E-state index contributed by atoms with van der Waals surface area (Å²) >= 11 is 5.21. The highest BCUT2D eigenvalue weighted by Crippen LogP contribution is 2.32. The fourth-order valence-electron chi connectivity index (χ4n) is 2.39. The highest BCUT2D eigenvalue weighted by atomic mass is 32.1. The number of hydrogen-bond donors (Lipinski definition) is 4. The van der Waals surface area contributed by atoms with Gasteiger partial charge < -0.3 is 25.0 Å². The minimum Gasteiger partial charge on any atom is -0.506 e. The lowest BCUT2D eigenvalue weighted by Gasteiger charge is -2.18. The van der Waals surface area contributed by atoms with Crippen LogP contribution in [0, 0.1) is 18.6 Å². The molecule has 8 heteroatoms. The summed E-state index contributed by atoms with van der Waals surface area (Å²) in [5.41, 5.74) is 2.67. The summed E-state index contributed by atoms with van der Waals surface area (Å²) in [6, 6.07) is 0. The molecule has 1 unspecified atom stereocenters. The molecule has 0 bridgehead atoms. The number of rotatable bonds is 2. The van der Waals surface area contributed by atoms with E-state index in [-0.39, 0.29) is 16.3 Å². The van der Waals surface area contributed by atoms with Crippen LogP contribution in [0.5, 0.6) is 0 Å². The summed E-state index contributed by atoms with van der Waals surface area (Å²) in [5.74, 6) is -0.442. The van der Waals surface area contributed by atoms with Crippen molar-refractivity contribution in [1.29, 1.82) is 0 Å². The molecule has 2 aromatic rings. The number of aromatic nitrogens is 3. The van der Waals surface area contributed by atoms with Gasteiger partial charge in [-0.15, -0.1) is 0 Å². The van der Waals surface area contributed by atoms with E-state index in [1.165, 1.54) is 4.57 Å². The maximum atomic E-state index is 10.0. The largest absolute Gasteiger partial charge is 0.506 e. The Bertz CT molecular complexity index is 808. The van der Waals surface area contributed by atoms with Crippen molar-refractivity contribution in [3.8, 4) is 0 Å². The van der Waals surface area contributed by atoms with Crippen molar-refractivity contribution in [2.24, 2.45) is 0 Å². The van der Waals surface area contributed by atoms with Crippen molar-refractivity contribution in [2.45, 2.75) is 26.2 Å². The molecule has 3 heterocycles. The first-order valence-electron chi connectivity index (χ1n) is 6.39. The maximum absolute atomic E-state index is 10.0. The van der Waals surface area contributed by atoms with Crippen LogP contribution in [0.3, 0.4) is 0 Å². The third-order valence-electron chi connectivity index (χ3n) is 3.74. The van der Waals surface area contributed by atoms with Gasteiger partial charge in [-0.25, -0.2) is 4.98 Å². The Kier molecular flexibility index (Phi) is 3.23. The summed E-state index contributed by atoms with van der Waals surface area (Å²) in [6.07, 6.45) is -0.505. The molecule has 3 rings (SSSR count). The third-order valence-corrected chi connectivity index (χ3v) is 4.04. The fourth-order valence-corrected chi connectivity index (χ4v) is 2.64. The smallest absolute Gasteiger partial charge is 0.211 e. The second kappa shape index (κ2) is 4.83. The van der Waals surface area contributed by atoms with Crippen LogP contribution in [0.2, 0.25) is 0 Å². The normalized spacial score (nSPS) is 22.1. The van der Waals surface area contributed by atoms with E-state index < -0.39 is 18.9 Å². The molecule has 0 saturated carbocycles. The molecular weight excluding hydrogens is 294 g/mol. The van der Waals surface area contributed by atoms with Crippen LogP contribution < -0.4 is 0 Å². The molecule has 0 fully saturated rings. The zero-order chi connectivity index (χ0) is 15.3. The van der Waals surface area contributed by atoms with Crippen molar-refractivity contribution in [1.82, 2.24) is 14.5 Å². The third kappa shape index (κ3) is 2.03. The van der Waals surface area contributed by atoms with E-state index in [4.69, 9.17) is 22.1 Å². The maximum Gasteiger partial charge on any atom is 0.211 e. The van der Waals surface area contributed by atoms with Gasteiger partial charge in [0.15, 0.2) is 17.6 Å². The molecular formula is C13H15N3O4S. The molecule has 7 nitrogen and oxygen atoms in total. The Balaban J connectivity index is 2.12. The molecule has 0 aromatic carbocycles. The molecule has 112 valence electrons. The zero-order valence-electron chi connectivity index (χ0n) is 11.5. The minimum absolute atomic E-state index is 0.0588. The standard InChI is InChI=1S/C13H15N3O4S/c1-5-6(2)14-11-7(5)3-16(13(21)15-11)12-10(19)9(18)8(4-17)20-12/h3,10,12,17-19H,4H2,1-2H3,(H,14,15,21)/t10?,12-/m1/s1. The van der Waals surface area contributed by atoms with E-state index in [9.17, 15) is 10.2 Å². The van der Waals surface area contributed by atoms with E-state index in [2.05, 4.69) is 9.97 Å². The molecule has 0 spiro atoms. The lowest BCUT2D eigenvalue weighted by atomic mass is 10.2. The van der Waals surface area contributed by atoms with Gasteiger partial charge in [-0.3, -0.25) is 4.57 Å². The minimum atomic E-state index is -1.29. The Morgan fingerprint density at radius 2 is 2.19 bits per heavy atom. The first kappa shape index (κ1) is 14.1. The van der Waals surface area contributed by atoms with Crippen molar-refractivity contribution >= 4 is 23.3 Å². The number of aliphatic hydroxyl groups is 3. The van der Waals surface area contributed by atoms with Gasteiger partial charge in [0.25, 0.3) is 0 Å². The second-order valence-electron chi connectivity index (χ2n) is 4.99. The average molecular weight is 309 g/mol. The Morgan fingerprint density at radius 1 is 1.48 bits per heavy atom. The lowest BCUT2D eigenvalue weighted by molar-refractivity contribution is -0.0156. The van der Waals surface area contributed by atoms with Gasteiger partial charge in [0, 0.05) is 17.3 Å². The highest BCUT2D eigenvalue weighted by Gasteiger charge is 2.37. The summed E-state index contributed by atoms with van der Waals surface area (Å²) in [4.78, 5) is 7.41. The summed E-state index contributed by atoms with van der Waals surface area (Å²) in [7, 11) is 0. The molecule has 0 saturated heterocycles. The average Bonchev–Trinajstić information content (AvgIpc) is 2.88. The van der Waals surface area contributed by atoms with E-state index in [1.807, 2.05) is 13.8 Å². The number of fused-ring (bicyclic) bond motifs is 1. The van der Waals surface area contributed by atoms with E-state index in [0.717, 1.165) is 16.6 Å². The molecule has 0 radical (unpaired) electrons. The van der Waals surface area contributed by atoms with Crippen LogP contribution in [0.15, 0.2) is 17.7 Å². The Morgan fingerprint density at radius 3 is 2.81 bits per heavy atom. The Hall–Kier alpha value is -1.90.